The molecule has 0 heterocycles. The van der Waals surface area contributed by atoms with E-state index in [4.69, 9.17) is 0 Å². The molecule has 1 aliphatic carbocycles. The molecule has 1 saturated carbocycles. The number of aliphatic hydroxyl groups excluding tert-OH is 1. The third kappa shape index (κ3) is 3.61. The molecule has 1 fully saturated rings. The summed E-state index contributed by atoms with van der Waals surface area (Å²) in [6.07, 6.45) is 10.2. The molecule has 1 rings (SSSR count). The van der Waals surface area contributed by atoms with E-state index in [2.05, 4.69) is 13.8 Å². The highest BCUT2D eigenvalue weighted by molar-refractivity contribution is 4.82. The smallest absolute Gasteiger partial charge is 0.0545 e. The van der Waals surface area contributed by atoms with E-state index in [9.17, 15) is 5.11 Å². The van der Waals surface area contributed by atoms with Crippen molar-refractivity contribution < 1.29 is 5.11 Å². The second-order valence-electron chi connectivity index (χ2n) is 4.93. The molecule has 0 aromatic rings. The molecule has 0 aromatic carbocycles. The van der Waals surface area contributed by atoms with Crippen LogP contribution < -0.4 is 0 Å². The van der Waals surface area contributed by atoms with Crippen LogP contribution in [-0.4, -0.2) is 11.2 Å². The van der Waals surface area contributed by atoms with Crippen molar-refractivity contribution in [3.8, 4) is 0 Å². The van der Waals surface area contributed by atoms with Crippen molar-refractivity contribution in [2.45, 2.75) is 71.3 Å². The maximum Gasteiger partial charge on any atom is 0.0545 e. The molecule has 14 heavy (non-hydrogen) atoms. The molecule has 2 atom stereocenters. The van der Waals surface area contributed by atoms with Crippen LogP contribution in [0.3, 0.4) is 0 Å². The number of rotatable bonds is 6. The predicted octanol–water partition coefficient (Wildman–Crippen LogP) is 3.75. The van der Waals surface area contributed by atoms with Gasteiger partial charge in [-0.3, -0.25) is 0 Å². The lowest BCUT2D eigenvalue weighted by molar-refractivity contribution is 0.174. The van der Waals surface area contributed by atoms with Crippen molar-refractivity contribution in [2.75, 3.05) is 0 Å². The summed E-state index contributed by atoms with van der Waals surface area (Å²) in [5.41, 5.74) is 0. The van der Waals surface area contributed by atoms with Gasteiger partial charge in [-0.25, -0.2) is 0 Å². The van der Waals surface area contributed by atoms with Gasteiger partial charge in [-0.2, -0.15) is 0 Å². The van der Waals surface area contributed by atoms with Crippen molar-refractivity contribution in [2.24, 2.45) is 11.8 Å². The molecular formula is C13H26O. The van der Waals surface area contributed by atoms with Crippen molar-refractivity contribution in [1.29, 1.82) is 0 Å². The Morgan fingerprint density at radius 3 is 1.71 bits per heavy atom. The van der Waals surface area contributed by atoms with Crippen LogP contribution in [0.5, 0.6) is 0 Å². The molecule has 0 radical (unpaired) electrons. The van der Waals surface area contributed by atoms with Crippen LogP contribution in [0.4, 0.5) is 0 Å². The first-order valence-corrected chi connectivity index (χ1v) is 6.46. The average molecular weight is 198 g/mol. The third-order valence-corrected chi connectivity index (χ3v) is 3.67. The average Bonchev–Trinajstić information content (AvgIpc) is 2.52. The van der Waals surface area contributed by atoms with Crippen LogP contribution in [0.2, 0.25) is 0 Å². The summed E-state index contributed by atoms with van der Waals surface area (Å²) in [6.45, 7) is 4.51. The summed E-state index contributed by atoms with van der Waals surface area (Å²) in [5.74, 6) is 1.66. The van der Waals surface area contributed by atoms with Crippen LogP contribution in [0.15, 0.2) is 0 Å². The molecule has 1 nitrogen and oxygen atoms in total. The Morgan fingerprint density at radius 2 is 1.36 bits per heavy atom. The van der Waals surface area contributed by atoms with Gasteiger partial charge in [0, 0.05) is 0 Å². The Kier molecular flexibility index (Phi) is 5.54. The molecule has 0 aliphatic heterocycles. The van der Waals surface area contributed by atoms with E-state index in [1.807, 2.05) is 0 Å². The fourth-order valence-corrected chi connectivity index (χ4v) is 2.82. The van der Waals surface area contributed by atoms with Crippen LogP contribution in [0.25, 0.3) is 0 Å². The van der Waals surface area contributed by atoms with Crippen molar-refractivity contribution in [1.82, 2.24) is 0 Å². The molecule has 0 amide bonds. The van der Waals surface area contributed by atoms with Gasteiger partial charge >= 0.3 is 0 Å². The van der Waals surface area contributed by atoms with Gasteiger partial charge in [0.2, 0.25) is 0 Å². The zero-order chi connectivity index (χ0) is 10.4. The molecule has 0 saturated heterocycles. The van der Waals surface area contributed by atoms with Gasteiger partial charge in [-0.1, -0.05) is 52.4 Å². The van der Waals surface area contributed by atoms with Gasteiger partial charge in [0.15, 0.2) is 0 Å². The molecular weight excluding hydrogens is 172 g/mol. The summed E-state index contributed by atoms with van der Waals surface area (Å²) in [6, 6.07) is 0. The van der Waals surface area contributed by atoms with E-state index in [1.54, 1.807) is 0 Å². The monoisotopic (exact) mass is 198 g/mol. The van der Waals surface area contributed by atoms with E-state index >= 15 is 0 Å². The van der Waals surface area contributed by atoms with Gasteiger partial charge < -0.3 is 5.11 Å². The Bertz CT molecular complexity index is 128. The first-order chi connectivity index (χ1) is 6.77. The largest absolute Gasteiger partial charge is 0.393 e. The maximum absolute atomic E-state index is 9.67. The Balaban J connectivity index is 2.29. The molecule has 1 aliphatic rings. The van der Waals surface area contributed by atoms with Crippen LogP contribution in [0.1, 0.15) is 65.2 Å². The summed E-state index contributed by atoms with van der Waals surface area (Å²) in [4.78, 5) is 0. The maximum atomic E-state index is 9.67. The van der Waals surface area contributed by atoms with Crippen molar-refractivity contribution in [3.05, 3.63) is 0 Å². The highest BCUT2D eigenvalue weighted by atomic mass is 16.3. The summed E-state index contributed by atoms with van der Waals surface area (Å²) in [5, 5.41) is 9.67. The minimum Gasteiger partial charge on any atom is -0.393 e. The molecule has 0 aromatic heterocycles. The Morgan fingerprint density at radius 1 is 0.929 bits per heavy atom. The number of hydrogen-bond donors (Lipinski definition) is 1. The number of unbranched alkanes of at least 4 members (excludes halogenated alkanes) is 2. The van der Waals surface area contributed by atoms with Gasteiger partial charge in [0.1, 0.15) is 0 Å². The quantitative estimate of drug-likeness (QED) is 0.689. The molecule has 84 valence electrons. The SMILES string of the molecule is CCCC[C@H]1CC(O)C[C@@H]1CCCC. The zero-order valence-corrected chi connectivity index (χ0v) is 9.84. The Hall–Kier alpha value is -0.0400. The van der Waals surface area contributed by atoms with E-state index in [0.717, 1.165) is 24.7 Å². The van der Waals surface area contributed by atoms with Crippen molar-refractivity contribution in [3.63, 3.8) is 0 Å². The van der Waals surface area contributed by atoms with Crippen molar-refractivity contribution >= 4 is 0 Å². The summed E-state index contributed by atoms with van der Waals surface area (Å²) >= 11 is 0. The number of aliphatic hydroxyl groups is 1. The van der Waals surface area contributed by atoms with Crippen LogP contribution in [-0.2, 0) is 0 Å². The van der Waals surface area contributed by atoms with Crippen LogP contribution in [0, 0.1) is 11.8 Å². The summed E-state index contributed by atoms with van der Waals surface area (Å²) in [7, 11) is 0. The predicted molar refractivity (Wildman–Crippen MR) is 61.3 cm³/mol. The van der Waals surface area contributed by atoms with E-state index in [0.29, 0.717) is 0 Å². The highest BCUT2D eigenvalue weighted by Crippen LogP contribution is 2.38. The lowest BCUT2D eigenvalue weighted by Crippen LogP contribution is -2.07. The van der Waals surface area contributed by atoms with Gasteiger partial charge in [-0.15, -0.1) is 0 Å². The molecule has 1 heteroatoms. The number of hydrogen-bond acceptors (Lipinski definition) is 1. The lowest BCUT2D eigenvalue weighted by Gasteiger charge is -2.18. The van der Waals surface area contributed by atoms with Gasteiger partial charge in [0.25, 0.3) is 0 Å². The highest BCUT2D eigenvalue weighted by Gasteiger charge is 2.31. The van der Waals surface area contributed by atoms with E-state index in [-0.39, 0.29) is 6.10 Å². The molecule has 0 bridgehead atoms. The Labute approximate surface area is 88.9 Å². The second-order valence-corrected chi connectivity index (χ2v) is 4.93. The third-order valence-electron chi connectivity index (χ3n) is 3.67. The zero-order valence-electron chi connectivity index (χ0n) is 9.84. The standard InChI is InChI=1S/C13H26O/c1-3-5-7-11-9-13(14)10-12(11)8-6-4-2/h11-14H,3-10H2,1-2H3/t11-,12-/m0/s1. The normalized spacial score (nSPS) is 28.5. The fourth-order valence-electron chi connectivity index (χ4n) is 2.82. The molecule has 0 unspecified atom stereocenters. The van der Waals surface area contributed by atoms with Crippen LogP contribution >= 0.6 is 0 Å². The van der Waals surface area contributed by atoms with E-state index < -0.39 is 0 Å². The first-order valence-electron chi connectivity index (χ1n) is 6.46. The fraction of sp³-hybridized carbons (Fsp3) is 1.00. The second kappa shape index (κ2) is 6.44. The van der Waals surface area contributed by atoms with Gasteiger partial charge in [0.05, 0.1) is 6.10 Å². The molecule has 0 spiro atoms. The first kappa shape index (κ1) is 12.0. The van der Waals surface area contributed by atoms with E-state index in [1.165, 1.54) is 38.5 Å². The minimum atomic E-state index is 0.0127. The lowest BCUT2D eigenvalue weighted by atomic mass is 9.87. The summed E-state index contributed by atoms with van der Waals surface area (Å²) < 4.78 is 0. The van der Waals surface area contributed by atoms with Gasteiger partial charge in [-0.05, 0) is 24.7 Å². The topological polar surface area (TPSA) is 20.2 Å². The minimum absolute atomic E-state index is 0.0127. The molecule has 1 N–H and O–H groups in total.